The Hall–Kier alpha value is -0.330. The second kappa shape index (κ2) is 3.81. The fourth-order valence-corrected chi connectivity index (χ4v) is 1.95. The lowest BCUT2D eigenvalue weighted by molar-refractivity contribution is -0.386. The van der Waals surface area contributed by atoms with Crippen LogP contribution >= 0.6 is 43.5 Å². The number of rotatable bonds is 1. The fourth-order valence-electron chi connectivity index (χ4n) is 0.712. The first-order valence-corrected chi connectivity index (χ1v) is 4.92. The van der Waals surface area contributed by atoms with E-state index in [4.69, 9.17) is 11.6 Å². The molecular weight excluding hydrogens is 329 g/mol. The summed E-state index contributed by atoms with van der Waals surface area (Å²) >= 11 is 11.6. The molecule has 70 valence electrons. The molecule has 1 N–H and O–H groups in total. The molecular formula is C6H2Br2ClNO3. The Morgan fingerprint density at radius 1 is 1.54 bits per heavy atom. The van der Waals surface area contributed by atoms with E-state index in [2.05, 4.69) is 31.9 Å². The molecule has 0 heterocycles. The average Bonchev–Trinajstić information content (AvgIpc) is 2.07. The summed E-state index contributed by atoms with van der Waals surface area (Å²) in [5, 5.41) is 19.9. The van der Waals surface area contributed by atoms with Crippen LogP contribution in [0.4, 0.5) is 5.69 Å². The lowest BCUT2D eigenvalue weighted by Gasteiger charge is -2.02. The molecule has 4 nitrogen and oxygen atoms in total. The summed E-state index contributed by atoms with van der Waals surface area (Å²) in [7, 11) is 0. The molecule has 7 heteroatoms. The highest BCUT2D eigenvalue weighted by Crippen LogP contribution is 2.43. The monoisotopic (exact) mass is 329 g/mol. The predicted molar refractivity (Wildman–Crippen MR) is 55.2 cm³/mol. The van der Waals surface area contributed by atoms with Crippen LogP contribution in [0, 0.1) is 10.1 Å². The molecule has 0 fully saturated rings. The smallest absolute Gasteiger partial charge is 0.313 e. The van der Waals surface area contributed by atoms with Crippen LogP contribution in [0.15, 0.2) is 15.0 Å². The van der Waals surface area contributed by atoms with Gasteiger partial charge >= 0.3 is 5.69 Å². The maximum atomic E-state index is 10.4. The van der Waals surface area contributed by atoms with E-state index in [0.717, 1.165) is 6.07 Å². The van der Waals surface area contributed by atoms with Crippen molar-refractivity contribution in [1.82, 2.24) is 0 Å². The van der Waals surface area contributed by atoms with Gasteiger partial charge in [-0.25, -0.2) is 0 Å². The Morgan fingerprint density at radius 3 is 2.54 bits per heavy atom. The summed E-state index contributed by atoms with van der Waals surface area (Å²) in [4.78, 5) is 9.71. The number of nitro benzene ring substituents is 1. The van der Waals surface area contributed by atoms with Crippen molar-refractivity contribution in [2.45, 2.75) is 0 Å². The third-order valence-corrected chi connectivity index (χ3v) is 3.56. The SMILES string of the molecule is O=[N+]([O-])c1cc(Br)c(Cl)c(Br)c1O. The highest BCUT2D eigenvalue weighted by atomic mass is 79.9. The Labute approximate surface area is 94.9 Å². The maximum Gasteiger partial charge on any atom is 0.313 e. The van der Waals surface area contributed by atoms with Gasteiger partial charge in [-0.2, -0.15) is 0 Å². The summed E-state index contributed by atoms with van der Waals surface area (Å²) in [5.74, 6) is -0.474. The lowest BCUT2D eigenvalue weighted by atomic mass is 10.3. The van der Waals surface area contributed by atoms with Crippen LogP contribution < -0.4 is 0 Å². The van der Waals surface area contributed by atoms with E-state index in [1.807, 2.05) is 0 Å². The number of nitro groups is 1. The van der Waals surface area contributed by atoms with Gasteiger partial charge in [-0.15, -0.1) is 0 Å². The van der Waals surface area contributed by atoms with Crippen LogP contribution in [0.1, 0.15) is 0 Å². The molecule has 13 heavy (non-hydrogen) atoms. The molecule has 0 atom stereocenters. The number of phenolic OH excluding ortho intramolecular Hbond substituents is 1. The number of nitrogens with zero attached hydrogens (tertiary/aromatic N) is 1. The normalized spacial score (nSPS) is 10.1. The maximum absolute atomic E-state index is 10.4. The number of hydrogen-bond donors (Lipinski definition) is 1. The van der Waals surface area contributed by atoms with Crippen LogP contribution in [0.2, 0.25) is 5.02 Å². The molecule has 0 spiro atoms. The zero-order chi connectivity index (χ0) is 10.2. The minimum absolute atomic E-state index is 0.107. The molecule has 0 bridgehead atoms. The largest absolute Gasteiger partial charge is 0.501 e. The zero-order valence-corrected chi connectivity index (χ0v) is 9.85. The van der Waals surface area contributed by atoms with Crippen molar-refractivity contribution in [3.8, 4) is 5.75 Å². The van der Waals surface area contributed by atoms with Crippen molar-refractivity contribution in [2.75, 3.05) is 0 Å². The molecule has 0 amide bonds. The molecule has 1 aromatic carbocycles. The van der Waals surface area contributed by atoms with Crippen LogP contribution in [-0.4, -0.2) is 10.0 Å². The predicted octanol–water partition coefficient (Wildman–Crippen LogP) is 3.48. The first-order chi connectivity index (χ1) is 5.95. The first-order valence-electron chi connectivity index (χ1n) is 2.96. The van der Waals surface area contributed by atoms with Crippen LogP contribution in [0.3, 0.4) is 0 Å². The van der Waals surface area contributed by atoms with Gasteiger partial charge in [0.2, 0.25) is 5.75 Å². The number of phenols is 1. The number of aromatic hydroxyl groups is 1. The van der Waals surface area contributed by atoms with Crippen molar-refractivity contribution in [2.24, 2.45) is 0 Å². The standard InChI is InChI=1S/C6H2Br2ClNO3/c7-2-1-3(10(12)13)6(11)4(8)5(2)9/h1,11H. The molecule has 0 unspecified atom stereocenters. The van der Waals surface area contributed by atoms with E-state index in [1.165, 1.54) is 0 Å². The van der Waals surface area contributed by atoms with E-state index in [0.29, 0.717) is 4.47 Å². The quantitative estimate of drug-likeness (QED) is 0.487. The first kappa shape index (κ1) is 10.7. The lowest BCUT2D eigenvalue weighted by Crippen LogP contribution is -1.90. The van der Waals surface area contributed by atoms with Gasteiger partial charge in [-0.1, -0.05) is 11.6 Å². The van der Waals surface area contributed by atoms with E-state index in [-0.39, 0.29) is 9.50 Å². The van der Waals surface area contributed by atoms with Crippen molar-refractivity contribution in [1.29, 1.82) is 0 Å². The highest BCUT2D eigenvalue weighted by Gasteiger charge is 2.20. The molecule has 0 saturated heterocycles. The molecule has 0 radical (unpaired) electrons. The third-order valence-electron chi connectivity index (χ3n) is 1.31. The second-order valence-corrected chi connectivity index (χ2v) is 4.14. The van der Waals surface area contributed by atoms with Gasteiger partial charge in [-0.3, -0.25) is 10.1 Å². The molecule has 0 aliphatic heterocycles. The van der Waals surface area contributed by atoms with Crippen molar-refractivity contribution < 1.29 is 10.0 Å². The second-order valence-electron chi connectivity index (χ2n) is 2.11. The molecule has 0 saturated carbocycles. The number of halogens is 3. The molecule has 0 aliphatic carbocycles. The molecule has 1 aromatic rings. The third kappa shape index (κ3) is 1.95. The molecule has 1 rings (SSSR count). The minimum atomic E-state index is -0.693. The Bertz CT molecular complexity index is 383. The summed E-state index contributed by atoms with van der Waals surface area (Å²) in [5.41, 5.74) is -0.400. The van der Waals surface area contributed by atoms with Crippen LogP contribution in [0.5, 0.6) is 5.75 Å². The van der Waals surface area contributed by atoms with Gasteiger partial charge in [0.05, 0.1) is 14.4 Å². The number of benzene rings is 1. The van der Waals surface area contributed by atoms with E-state index in [1.54, 1.807) is 0 Å². The van der Waals surface area contributed by atoms with Crippen molar-refractivity contribution in [3.05, 3.63) is 30.1 Å². The minimum Gasteiger partial charge on any atom is -0.501 e. The topological polar surface area (TPSA) is 63.4 Å². The van der Waals surface area contributed by atoms with E-state index in [9.17, 15) is 15.2 Å². The van der Waals surface area contributed by atoms with Gasteiger partial charge < -0.3 is 5.11 Å². The summed E-state index contributed by atoms with van der Waals surface area (Å²) < 4.78 is 0.459. The fraction of sp³-hybridized carbons (Fsp3) is 0. The van der Waals surface area contributed by atoms with Gasteiger partial charge in [0.25, 0.3) is 0 Å². The van der Waals surface area contributed by atoms with E-state index >= 15 is 0 Å². The van der Waals surface area contributed by atoms with Gasteiger partial charge in [0, 0.05) is 10.5 Å². The molecule has 0 aromatic heterocycles. The van der Waals surface area contributed by atoms with Gasteiger partial charge in [0.1, 0.15) is 0 Å². The van der Waals surface area contributed by atoms with Crippen molar-refractivity contribution >= 4 is 49.1 Å². The van der Waals surface area contributed by atoms with Gasteiger partial charge in [-0.05, 0) is 31.9 Å². The van der Waals surface area contributed by atoms with Crippen LogP contribution in [-0.2, 0) is 0 Å². The van der Waals surface area contributed by atoms with E-state index < -0.39 is 16.4 Å². The Balaban J connectivity index is 3.50. The van der Waals surface area contributed by atoms with Crippen molar-refractivity contribution in [3.63, 3.8) is 0 Å². The Kier molecular flexibility index (Phi) is 3.15. The zero-order valence-electron chi connectivity index (χ0n) is 5.92. The summed E-state index contributed by atoms with van der Waals surface area (Å²) in [6.07, 6.45) is 0. The number of hydrogen-bond acceptors (Lipinski definition) is 3. The summed E-state index contributed by atoms with van der Waals surface area (Å²) in [6, 6.07) is 1.14. The van der Waals surface area contributed by atoms with Crippen LogP contribution in [0.25, 0.3) is 0 Å². The highest BCUT2D eigenvalue weighted by molar-refractivity contribution is 9.11. The Morgan fingerprint density at radius 2 is 2.08 bits per heavy atom. The molecule has 0 aliphatic rings. The average molecular weight is 331 g/mol. The summed E-state index contributed by atoms with van der Waals surface area (Å²) in [6.45, 7) is 0. The van der Waals surface area contributed by atoms with Gasteiger partial charge in [0.15, 0.2) is 0 Å².